The second-order valence-corrected chi connectivity index (χ2v) is 8.74. The Morgan fingerprint density at radius 2 is 1.19 bits per heavy atom. The number of carbonyl (C=O) groups excluding carboxylic acids is 2. The van der Waals surface area contributed by atoms with E-state index in [4.69, 9.17) is 19.9 Å². The first-order valence-corrected chi connectivity index (χ1v) is 12.2. The number of urea groups is 1. The summed E-state index contributed by atoms with van der Waals surface area (Å²) in [5, 5.41) is 64.4. The van der Waals surface area contributed by atoms with Crippen LogP contribution in [0.15, 0.2) is 0 Å². The number of ether oxygens (including phenoxy) is 3. The number of primary amides is 1. The quantitative estimate of drug-likeness (QED) is 0.0520. The second kappa shape index (κ2) is 21.3. The van der Waals surface area contributed by atoms with Crippen LogP contribution in [-0.2, 0) is 19.0 Å². The Hall–Kier alpha value is -1.66. The van der Waals surface area contributed by atoms with E-state index in [1.165, 1.54) is 0 Å². The highest BCUT2D eigenvalue weighted by Gasteiger charge is 2.35. The summed E-state index contributed by atoms with van der Waals surface area (Å²) < 4.78 is 16.7. The molecule has 0 unspecified atom stereocenters. The summed E-state index contributed by atoms with van der Waals surface area (Å²) in [7, 11) is 1.64. The SMILES string of the molecule is CN[C@H](CCCCNC(=O)NCC(COC(CO)CO)(COC(CO)CO)COC(CO)CO)C(N)=O. The minimum atomic E-state index is -1.16. The van der Waals surface area contributed by atoms with Gasteiger partial charge in [0.15, 0.2) is 0 Å². The molecule has 0 aromatic rings. The molecule has 1 atom stereocenters. The zero-order valence-electron chi connectivity index (χ0n) is 21.5. The van der Waals surface area contributed by atoms with Crippen molar-refractivity contribution in [3.8, 4) is 0 Å². The molecule has 0 heterocycles. The van der Waals surface area contributed by atoms with E-state index in [9.17, 15) is 40.2 Å². The average Bonchev–Trinajstić information content (AvgIpc) is 2.90. The van der Waals surface area contributed by atoms with Gasteiger partial charge in [-0.05, 0) is 26.3 Å². The van der Waals surface area contributed by atoms with E-state index in [2.05, 4.69) is 16.0 Å². The Labute approximate surface area is 217 Å². The van der Waals surface area contributed by atoms with Crippen LogP contribution >= 0.6 is 0 Å². The monoisotopic (exact) mass is 542 g/mol. The Kier molecular flexibility index (Phi) is 20.3. The van der Waals surface area contributed by atoms with Gasteiger partial charge >= 0.3 is 6.03 Å². The summed E-state index contributed by atoms with van der Waals surface area (Å²) in [6, 6.07) is -0.966. The summed E-state index contributed by atoms with van der Waals surface area (Å²) in [6.07, 6.45) is -1.01. The zero-order chi connectivity index (χ0) is 28.1. The van der Waals surface area contributed by atoms with E-state index in [-0.39, 0.29) is 26.4 Å². The molecule has 0 saturated heterocycles. The van der Waals surface area contributed by atoms with Crippen molar-refractivity contribution in [1.29, 1.82) is 0 Å². The van der Waals surface area contributed by atoms with Crippen LogP contribution in [0.4, 0.5) is 4.79 Å². The van der Waals surface area contributed by atoms with Crippen LogP contribution in [0.3, 0.4) is 0 Å². The number of hydrogen-bond acceptors (Lipinski definition) is 12. The highest BCUT2D eigenvalue weighted by Crippen LogP contribution is 2.22. The number of amides is 3. The van der Waals surface area contributed by atoms with Gasteiger partial charge in [-0.15, -0.1) is 0 Å². The Morgan fingerprint density at radius 3 is 1.54 bits per heavy atom. The van der Waals surface area contributed by atoms with Gasteiger partial charge in [0, 0.05) is 13.1 Å². The Morgan fingerprint density at radius 1 is 0.757 bits per heavy atom. The first-order valence-electron chi connectivity index (χ1n) is 12.2. The van der Waals surface area contributed by atoms with Crippen LogP contribution in [0.1, 0.15) is 19.3 Å². The molecule has 0 aliphatic rings. The number of aliphatic hydroxyl groups excluding tert-OH is 6. The molecule has 0 radical (unpaired) electrons. The molecular weight excluding hydrogens is 496 g/mol. The minimum absolute atomic E-state index is 0.0981. The van der Waals surface area contributed by atoms with Crippen molar-refractivity contribution in [3.63, 3.8) is 0 Å². The highest BCUT2D eigenvalue weighted by molar-refractivity contribution is 5.79. The van der Waals surface area contributed by atoms with Crippen molar-refractivity contribution in [2.24, 2.45) is 11.1 Å². The average molecular weight is 543 g/mol. The van der Waals surface area contributed by atoms with Gasteiger partial charge in [-0.1, -0.05) is 0 Å². The van der Waals surface area contributed by atoms with Gasteiger partial charge in [0.2, 0.25) is 5.91 Å². The van der Waals surface area contributed by atoms with Crippen LogP contribution in [0, 0.1) is 5.41 Å². The smallest absolute Gasteiger partial charge is 0.314 e. The summed E-state index contributed by atoms with van der Waals surface area (Å²) in [4.78, 5) is 23.7. The van der Waals surface area contributed by atoms with Gasteiger partial charge in [-0.25, -0.2) is 4.79 Å². The minimum Gasteiger partial charge on any atom is -0.394 e. The number of hydrogen-bond donors (Lipinski definition) is 10. The fraction of sp³-hybridized carbons (Fsp3) is 0.909. The van der Waals surface area contributed by atoms with E-state index in [0.29, 0.717) is 25.8 Å². The summed E-state index contributed by atoms with van der Waals surface area (Å²) in [5.41, 5.74) is 4.12. The van der Waals surface area contributed by atoms with Crippen molar-refractivity contribution in [1.82, 2.24) is 16.0 Å². The largest absolute Gasteiger partial charge is 0.394 e. The van der Waals surface area contributed by atoms with Crippen LogP contribution in [0.25, 0.3) is 0 Å². The first kappa shape index (κ1) is 35.3. The van der Waals surface area contributed by atoms with Crippen molar-refractivity contribution < 1.29 is 54.4 Å². The predicted molar refractivity (Wildman–Crippen MR) is 131 cm³/mol. The second-order valence-electron chi connectivity index (χ2n) is 8.74. The van der Waals surface area contributed by atoms with E-state index in [0.717, 1.165) is 0 Å². The molecule has 0 aromatic heterocycles. The third-order valence-electron chi connectivity index (χ3n) is 5.62. The molecule has 3 amide bonds. The molecule has 0 aromatic carbocycles. The number of nitrogens with two attached hydrogens (primary N) is 1. The summed E-state index contributed by atoms with van der Waals surface area (Å²) in [5.74, 6) is -0.449. The standard InChI is InChI=1S/C22H46N4O11/c1-24-19(20(23)33)4-2-3-5-25-21(34)26-12-22(13-35-16(6-27)7-28,14-36-17(8-29)9-30)15-37-18(10-31)11-32/h16-19,24,27-32H,2-15H2,1H3,(H2,23,33)(H2,25,26,34)/t19-/m1/s1. The van der Waals surface area contributed by atoms with Crippen molar-refractivity contribution in [2.75, 3.05) is 79.6 Å². The van der Waals surface area contributed by atoms with Crippen LogP contribution in [0.5, 0.6) is 0 Å². The fourth-order valence-electron chi connectivity index (χ4n) is 3.09. The number of rotatable bonds is 24. The van der Waals surface area contributed by atoms with Gasteiger partial charge in [-0.3, -0.25) is 4.79 Å². The van der Waals surface area contributed by atoms with Crippen molar-refractivity contribution >= 4 is 11.9 Å². The van der Waals surface area contributed by atoms with E-state index < -0.39 is 81.3 Å². The fourth-order valence-corrected chi connectivity index (χ4v) is 3.09. The number of nitrogens with one attached hydrogen (secondary N) is 3. The number of likely N-dealkylation sites (N-methyl/N-ethyl adjacent to an activating group) is 1. The molecule has 220 valence electrons. The third-order valence-corrected chi connectivity index (χ3v) is 5.62. The lowest BCUT2D eigenvalue weighted by Gasteiger charge is -2.36. The molecule has 0 bridgehead atoms. The molecule has 0 aliphatic carbocycles. The van der Waals surface area contributed by atoms with E-state index in [1.807, 2.05) is 0 Å². The van der Waals surface area contributed by atoms with Crippen molar-refractivity contribution in [2.45, 2.75) is 43.6 Å². The van der Waals surface area contributed by atoms with Crippen LogP contribution in [0.2, 0.25) is 0 Å². The molecule has 15 heteroatoms. The zero-order valence-corrected chi connectivity index (χ0v) is 21.5. The molecule has 0 rings (SSSR count). The van der Waals surface area contributed by atoms with E-state index in [1.54, 1.807) is 7.05 Å². The lowest BCUT2D eigenvalue weighted by atomic mass is 9.90. The maximum absolute atomic E-state index is 12.4. The number of aliphatic hydroxyl groups is 6. The predicted octanol–water partition coefficient (Wildman–Crippen LogP) is -4.37. The Balaban J connectivity index is 5.24. The maximum atomic E-state index is 12.4. The normalized spacial score (nSPS) is 12.9. The topological polar surface area (TPSA) is 245 Å². The lowest BCUT2D eigenvalue weighted by molar-refractivity contribution is -0.138. The van der Waals surface area contributed by atoms with Crippen LogP contribution in [-0.4, -0.2) is 147 Å². The van der Waals surface area contributed by atoms with Crippen molar-refractivity contribution in [3.05, 3.63) is 0 Å². The van der Waals surface area contributed by atoms with Gasteiger partial charge in [0.1, 0.15) is 18.3 Å². The van der Waals surface area contributed by atoms with Gasteiger partial charge in [0.05, 0.1) is 70.9 Å². The van der Waals surface area contributed by atoms with Crippen LogP contribution < -0.4 is 21.7 Å². The molecule has 15 nitrogen and oxygen atoms in total. The molecule has 0 aliphatic heterocycles. The highest BCUT2D eigenvalue weighted by atomic mass is 16.5. The number of unbranched alkanes of at least 4 members (excludes halogenated alkanes) is 1. The lowest BCUT2D eigenvalue weighted by Crippen LogP contribution is -2.51. The molecule has 0 spiro atoms. The third kappa shape index (κ3) is 15.4. The maximum Gasteiger partial charge on any atom is 0.314 e. The molecule has 11 N–H and O–H groups in total. The van der Waals surface area contributed by atoms with Gasteiger partial charge < -0.3 is 66.5 Å². The Bertz CT molecular complexity index is 550. The summed E-state index contributed by atoms with van der Waals surface area (Å²) in [6.45, 7) is -3.19. The van der Waals surface area contributed by atoms with Gasteiger partial charge in [0.25, 0.3) is 0 Å². The molecule has 0 fully saturated rings. The summed E-state index contributed by atoms with van der Waals surface area (Å²) >= 11 is 0. The van der Waals surface area contributed by atoms with E-state index >= 15 is 0 Å². The van der Waals surface area contributed by atoms with Gasteiger partial charge in [-0.2, -0.15) is 0 Å². The number of carbonyl (C=O) groups is 2. The molecule has 37 heavy (non-hydrogen) atoms. The molecular formula is C22H46N4O11. The molecule has 0 saturated carbocycles. The first-order chi connectivity index (χ1) is 17.7.